The van der Waals surface area contributed by atoms with E-state index in [1.807, 2.05) is 27.2 Å². The van der Waals surface area contributed by atoms with Gasteiger partial charge in [0.2, 0.25) is 5.91 Å². The van der Waals surface area contributed by atoms with Gasteiger partial charge in [0, 0.05) is 6.42 Å². The summed E-state index contributed by atoms with van der Waals surface area (Å²) in [5.74, 6) is -0.168. The highest BCUT2D eigenvalue weighted by atomic mass is 31.2. The minimum absolute atomic E-state index is 0.0638. The van der Waals surface area contributed by atoms with Crippen molar-refractivity contribution in [2.45, 2.75) is 418 Å². The number of allylic oxidation sites excluding steroid dienone is 7. The largest absolute Gasteiger partial charge is 0.472 e. The Labute approximate surface area is 556 Å². The van der Waals surface area contributed by atoms with Crippen LogP contribution in [0.25, 0.3) is 0 Å². The van der Waals surface area contributed by atoms with Crippen molar-refractivity contribution in [1.29, 1.82) is 0 Å². The topological polar surface area (TPSA) is 105 Å². The van der Waals surface area contributed by atoms with Gasteiger partial charge in [0.15, 0.2) is 0 Å². The minimum Gasteiger partial charge on any atom is -0.387 e. The number of aliphatic hydroxyl groups excluding tert-OH is 1. The summed E-state index contributed by atoms with van der Waals surface area (Å²) in [6.07, 6.45) is 97.3. The number of hydrogen-bond donors (Lipinski definition) is 3. The van der Waals surface area contributed by atoms with Crippen LogP contribution in [0.4, 0.5) is 0 Å². The summed E-state index contributed by atoms with van der Waals surface area (Å²) in [5, 5.41) is 14.0. The number of quaternary nitrogens is 1. The molecular formula is C80H156N2O6P+. The Balaban J connectivity index is 3.92. The van der Waals surface area contributed by atoms with E-state index in [9.17, 15) is 19.4 Å². The van der Waals surface area contributed by atoms with Crippen LogP contribution in [0, 0.1) is 0 Å². The van der Waals surface area contributed by atoms with Crippen LogP contribution in [0.5, 0.6) is 0 Å². The molecule has 0 aromatic heterocycles. The van der Waals surface area contributed by atoms with E-state index in [0.717, 1.165) is 44.9 Å². The van der Waals surface area contributed by atoms with Crippen LogP contribution in [-0.4, -0.2) is 73.4 Å². The predicted molar refractivity (Wildman–Crippen MR) is 392 cm³/mol. The monoisotopic (exact) mass is 1270 g/mol. The van der Waals surface area contributed by atoms with Crippen molar-refractivity contribution in [2.75, 3.05) is 40.9 Å². The molecule has 0 fully saturated rings. The van der Waals surface area contributed by atoms with Crippen molar-refractivity contribution in [1.82, 2.24) is 5.32 Å². The zero-order valence-electron chi connectivity index (χ0n) is 60.5. The highest BCUT2D eigenvalue weighted by Crippen LogP contribution is 2.43. The van der Waals surface area contributed by atoms with Gasteiger partial charge in [-0.1, -0.05) is 390 Å². The molecule has 3 unspecified atom stereocenters. The number of hydrogen-bond acceptors (Lipinski definition) is 5. The van der Waals surface area contributed by atoms with Gasteiger partial charge < -0.3 is 19.8 Å². The van der Waals surface area contributed by atoms with Crippen molar-refractivity contribution < 1.29 is 32.9 Å². The highest BCUT2D eigenvalue weighted by molar-refractivity contribution is 7.47. The van der Waals surface area contributed by atoms with Crippen LogP contribution in [-0.2, 0) is 18.4 Å². The summed E-state index contributed by atoms with van der Waals surface area (Å²) < 4.78 is 23.9. The Morgan fingerprint density at radius 1 is 0.382 bits per heavy atom. The van der Waals surface area contributed by atoms with Crippen molar-refractivity contribution in [3.05, 3.63) is 48.6 Å². The maximum Gasteiger partial charge on any atom is 0.472 e. The molecule has 3 atom stereocenters. The Kier molecular flexibility index (Phi) is 69.5. The SMILES string of the molecule is CCCCCCC/C=C\C/C=C\C/C=C\CCCCCCCCCCCCCCCCCCCCCCCCCCCCC(=O)NC(COP(=O)(O)OCC[N+](C)(C)C)C(O)/C=C/CCCCCCCCCCCCCCCCCCCCCCCCCC. The Morgan fingerprint density at radius 3 is 0.933 bits per heavy atom. The smallest absolute Gasteiger partial charge is 0.387 e. The van der Waals surface area contributed by atoms with Crippen LogP contribution in [0.3, 0.4) is 0 Å². The lowest BCUT2D eigenvalue weighted by Crippen LogP contribution is -2.45. The maximum atomic E-state index is 13.1. The van der Waals surface area contributed by atoms with Gasteiger partial charge in [0.1, 0.15) is 13.2 Å². The second kappa shape index (κ2) is 70.8. The second-order valence-corrected chi connectivity index (χ2v) is 29.9. The van der Waals surface area contributed by atoms with Crippen molar-refractivity contribution in [3.63, 3.8) is 0 Å². The third-order valence-corrected chi connectivity index (χ3v) is 19.3. The summed E-state index contributed by atoms with van der Waals surface area (Å²) in [6, 6.07) is -0.847. The number of likely N-dealkylation sites (N-methyl/N-ethyl adjacent to an activating group) is 1. The lowest BCUT2D eigenvalue weighted by Gasteiger charge is -2.25. The van der Waals surface area contributed by atoms with E-state index >= 15 is 0 Å². The standard InChI is InChI=1S/C80H155N2O6P/c1-6-8-10-12-14-16-18-20-22-24-26-28-30-32-34-35-36-37-38-39-40-41-42-43-44-45-46-47-48-50-52-54-56-58-60-62-64-66-68-70-72-74-80(84)81-78(77-88-89(85,86)87-76-75-82(3,4)5)79(83)73-71-69-67-65-63-61-59-57-55-53-51-49-33-31-29-27-25-23-21-19-17-15-13-11-9-7-2/h18,20,24,26,30,32,71,73,78-79,83H,6-17,19,21-23,25,27-29,31,33-70,72,74-77H2,1-5H3,(H-,81,84,85,86)/p+1/b20-18-,26-24-,32-30-,73-71+. The van der Waals surface area contributed by atoms with Crippen molar-refractivity contribution >= 4 is 13.7 Å². The normalized spacial score (nSPS) is 13.7. The molecular weight excluding hydrogens is 1120 g/mol. The molecule has 0 spiro atoms. The summed E-state index contributed by atoms with van der Waals surface area (Å²) in [5.41, 5.74) is 0. The van der Waals surface area contributed by atoms with Gasteiger partial charge in [-0.3, -0.25) is 13.8 Å². The van der Waals surface area contributed by atoms with Crippen molar-refractivity contribution in [3.8, 4) is 0 Å². The van der Waals surface area contributed by atoms with Gasteiger partial charge in [-0.15, -0.1) is 0 Å². The predicted octanol–water partition coefficient (Wildman–Crippen LogP) is 25.7. The zero-order valence-corrected chi connectivity index (χ0v) is 61.3. The molecule has 8 nitrogen and oxygen atoms in total. The Bertz CT molecular complexity index is 1590. The number of phosphoric ester groups is 1. The molecule has 1 amide bonds. The fourth-order valence-corrected chi connectivity index (χ4v) is 12.9. The minimum atomic E-state index is -4.36. The van der Waals surface area contributed by atoms with E-state index in [1.165, 1.54) is 340 Å². The molecule has 0 heterocycles. The molecule has 9 heteroatoms. The number of rotatable bonds is 74. The average molecular weight is 1270 g/mol. The summed E-state index contributed by atoms with van der Waals surface area (Å²) in [4.78, 5) is 23.5. The molecule has 0 saturated carbocycles. The summed E-state index contributed by atoms with van der Waals surface area (Å²) >= 11 is 0. The van der Waals surface area contributed by atoms with Gasteiger partial charge in [0.25, 0.3) is 0 Å². The Morgan fingerprint density at radius 2 is 0.640 bits per heavy atom. The number of nitrogens with one attached hydrogen (secondary N) is 1. The highest BCUT2D eigenvalue weighted by Gasteiger charge is 2.28. The zero-order chi connectivity index (χ0) is 64.8. The van der Waals surface area contributed by atoms with E-state index in [0.29, 0.717) is 17.4 Å². The van der Waals surface area contributed by atoms with E-state index in [-0.39, 0.29) is 19.1 Å². The van der Waals surface area contributed by atoms with Gasteiger partial charge >= 0.3 is 7.82 Å². The first-order valence-corrected chi connectivity index (χ1v) is 41.0. The first kappa shape index (κ1) is 87.5. The summed E-state index contributed by atoms with van der Waals surface area (Å²) in [7, 11) is 1.59. The molecule has 0 rings (SSSR count). The van der Waals surface area contributed by atoms with Crippen LogP contribution >= 0.6 is 7.82 Å². The first-order chi connectivity index (χ1) is 43.5. The number of amides is 1. The lowest BCUT2D eigenvalue weighted by molar-refractivity contribution is -0.870. The van der Waals surface area contributed by atoms with Crippen LogP contribution in [0.2, 0.25) is 0 Å². The molecule has 0 bridgehead atoms. The van der Waals surface area contributed by atoms with Gasteiger partial charge in [-0.05, 0) is 57.8 Å². The van der Waals surface area contributed by atoms with Gasteiger partial charge in [-0.25, -0.2) is 4.57 Å². The van der Waals surface area contributed by atoms with E-state index in [4.69, 9.17) is 9.05 Å². The van der Waals surface area contributed by atoms with Gasteiger partial charge in [-0.2, -0.15) is 0 Å². The molecule has 0 aliphatic rings. The molecule has 3 N–H and O–H groups in total. The third kappa shape index (κ3) is 73.7. The molecule has 0 aromatic carbocycles. The number of phosphoric acid groups is 1. The van der Waals surface area contributed by atoms with E-state index in [1.54, 1.807) is 6.08 Å². The molecule has 0 aliphatic carbocycles. The second-order valence-electron chi connectivity index (χ2n) is 28.4. The molecule has 89 heavy (non-hydrogen) atoms. The number of carbonyl (C=O) groups is 1. The fourth-order valence-electron chi connectivity index (χ4n) is 12.2. The van der Waals surface area contributed by atoms with Gasteiger partial charge in [0.05, 0.1) is 39.9 Å². The molecule has 0 radical (unpaired) electrons. The maximum absolute atomic E-state index is 13.1. The third-order valence-electron chi connectivity index (χ3n) is 18.3. The van der Waals surface area contributed by atoms with E-state index in [2.05, 4.69) is 55.6 Å². The number of nitrogens with zero attached hydrogens (tertiary/aromatic N) is 1. The molecule has 526 valence electrons. The molecule has 0 aromatic rings. The first-order valence-electron chi connectivity index (χ1n) is 39.5. The lowest BCUT2D eigenvalue weighted by atomic mass is 10.0. The van der Waals surface area contributed by atoms with Crippen LogP contribution in [0.15, 0.2) is 48.6 Å². The number of carbonyl (C=O) groups excluding carboxylic acids is 1. The summed E-state index contributed by atoms with van der Waals surface area (Å²) in [6.45, 7) is 4.87. The number of unbranched alkanes of at least 4 members (excludes halogenated alkanes) is 55. The molecule has 0 saturated heterocycles. The van der Waals surface area contributed by atoms with Crippen LogP contribution < -0.4 is 5.32 Å². The van der Waals surface area contributed by atoms with Crippen LogP contribution in [0.1, 0.15) is 406 Å². The molecule has 0 aliphatic heterocycles. The van der Waals surface area contributed by atoms with E-state index < -0.39 is 20.0 Å². The average Bonchev–Trinajstić information content (AvgIpc) is 3.61. The quantitative estimate of drug-likeness (QED) is 0.0243. The Hall–Kier alpha value is -1.54. The number of aliphatic hydroxyl groups is 1. The fraction of sp³-hybridized carbons (Fsp3) is 0.887. The van der Waals surface area contributed by atoms with Crippen molar-refractivity contribution in [2.24, 2.45) is 0 Å².